The second kappa shape index (κ2) is 4.07. The molecule has 0 aromatic heterocycles. The summed E-state index contributed by atoms with van der Waals surface area (Å²) in [6.45, 7) is 7.20. The summed E-state index contributed by atoms with van der Waals surface area (Å²) in [5.74, 6) is 0. The Kier molecular flexibility index (Phi) is 4.04. The summed E-state index contributed by atoms with van der Waals surface area (Å²) < 4.78 is 0. The Hall–Kier alpha value is -0.0800. The van der Waals surface area contributed by atoms with Crippen LogP contribution in [0, 0.1) is 5.41 Å². The maximum absolute atomic E-state index is 9.51. The van der Waals surface area contributed by atoms with Crippen LogP contribution in [-0.2, 0) is 0 Å². The van der Waals surface area contributed by atoms with Crippen LogP contribution < -0.4 is 0 Å². The molecule has 0 rings (SSSR count). The Morgan fingerprint density at radius 3 is 2.00 bits per heavy atom. The van der Waals surface area contributed by atoms with Gasteiger partial charge in [-0.3, -0.25) is 0 Å². The Balaban J connectivity index is 3.61. The molecule has 0 radical (unpaired) electrons. The lowest BCUT2D eigenvalue weighted by atomic mass is 9.89. The molecule has 1 N–H and O–H groups in total. The molecular weight excluding hydrogens is 138 g/mol. The summed E-state index contributed by atoms with van der Waals surface area (Å²) in [6.07, 6.45) is 0.676. The van der Waals surface area contributed by atoms with Gasteiger partial charge in [0.2, 0.25) is 0 Å². The molecule has 68 valence electrons. The zero-order valence-corrected chi connectivity index (χ0v) is 8.39. The molecule has 0 amide bonds. The molecule has 0 aromatic carbocycles. The van der Waals surface area contributed by atoms with Crippen LogP contribution in [0.3, 0.4) is 0 Å². The van der Waals surface area contributed by atoms with Crippen LogP contribution in [-0.4, -0.2) is 36.8 Å². The summed E-state index contributed by atoms with van der Waals surface area (Å²) in [5, 5.41) is 9.51. The molecule has 0 unspecified atom stereocenters. The number of aliphatic hydroxyl groups is 1. The summed E-state index contributed by atoms with van der Waals surface area (Å²) in [5.41, 5.74) is 0.232. The molecular formula is C9H21NO. The van der Waals surface area contributed by atoms with Gasteiger partial charge in [0.25, 0.3) is 0 Å². The maximum atomic E-state index is 9.51. The fourth-order valence-electron chi connectivity index (χ4n) is 1.19. The molecule has 0 saturated heterocycles. The van der Waals surface area contributed by atoms with Crippen molar-refractivity contribution < 1.29 is 5.11 Å². The Morgan fingerprint density at radius 1 is 1.27 bits per heavy atom. The maximum Gasteiger partial charge on any atom is 0.0671 e. The minimum atomic E-state index is -0.190. The molecule has 1 atom stereocenters. The first kappa shape index (κ1) is 10.9. The molecule has 0 aromatic rings. The zero-order chi connectivity index (χ0) is 9.07. The van der Waals surface area contributed by atoms with Gasteiger partial charge in [0.05, 0.1) is 6.10 Å². The first-order valence-corrected chi connectivity index (χ1v) is 4.14. The summed E-state index contributed by atoms with van der Waals surface area (Å²) >= 11 is 0. The van der Waals surface area contributed by atoms with Gasteiger partial charge in [-0.15, -0.1) is 0 Å². The van der Waals surface area contributed by atoms with Gasteiger partial charge in [0.15, 0.2) is 0 Å². The van der Waals surface area contributed by atoms with Crippen molar-refractivity contribution in [2.24, 2.45) is 5.41 Å². The standard InChI is InChI=1S/C9H21NO/c1-9(2,3)6-8(11)7-10(4)5/h8,11H,6-7H2,1-5H3/t8-/m0/s1. The van der Waals surface area contributed by atoms with Crippen LogP contribution >= 0.6 is 0 Å². The van der Waals surface area contributed by atoms with Crippen molar-refractivity contribution in [1.29, 1.82) is 0 Å². The van der Waals surface area contributed by atoms with Crippen LogP contribution in [0.25, 0.3) is 0 Å². The normalized spacial score (nSPS) is 15.5. The van der Waals surface area contributed by atoms with E-state index in [4.69, 9.17) is 0 Å². The number of hydrogen-bond donors (Lipinski definition) is 1. The van der Waals surface area contributed by atoms with Gasteiger partial charge in [-0.05, 0) is 25.9 Å². The molecule has 11 heavy (non-hydrogen) atoms. The monoisotopic (exact) mass is 159 g/mol. The number of rotatable bonds is 3. The van der Waals surface area contributed by atoms with Crippen molar-refractivity contribution >= 4 is 0 Å². The van der Waals surface area contributed by atoms with Crippen LogP contribution in [0.1, 0.15) is 27.2 Å². The molecule has 0 aliphatic rings. The van der Waals surface area contributed by atoms with Gasteiger partial charge in [0.1, 0.15) is 0 Å². The average Bonchev–Trinajstić information content (AvgIpc) is 1.53. The van der Waals surface area contributed by atoms with Gasteiger partial charge in [-0.1, -0.05) is 20.8 Å². The van der Waals surface area contributed by atoms with Crippen LogP contribution in [0.15, 0.2) is 0 Å². The van der Waals surface area contributed by atoms with E-state index in [0.717, 1.165) is 13.0 Å². The predicted molar refractivity (Wildman–Crippen MR) is 48.6 cm³/mol. The van der Waals surface area contributed by atoms with E-state index in [1.54, 1.807) is 0 Å². The van der Waals surface area contributed by atoms with Crippen molar-refractivity contribution in [3.05, 3.63) is 0 Å². The highest BCUT2D eigenvalue weighted by atomic mass is 16.3. The van der Waals surface area contributed by atoms with E-state index in [1.165, 1.54) is 0 Å². The van der Waals surface area contributed by atoms with Crippen LogP contribution in [0.2, 0.25) is 0 Å². The molecule has 0 heterocycles. The van der Waals surface area contributed by atoms with E-state index in [2.05, 4.69) is 20.8 Å². The Bertz CT molecular complexity index is 105. The van der Waals surface area contributed by atoms with E-state index in [1.807, 2.05) is 19.0 Å². The molecule has 0 bridgehead atoms. The van der Waals surface area contributed by atoms with E-state index in [0.29, 0.717) is 0 Å². The van der Waals surface area contributed by atoms with Crippen molar-refractivity contribution in [3.8, 4) is 0 Å². The third kappa shape index (κ3) is 7.82. The van der Waals surface area contributed by atoms with Gasteiger partial charge in [-0.2, -0.15) is 0 Å². The van der Waals surface area contributed by atoms with Gasteiger partial charge in [0, 0.05) is 6.54 Å². The minimum Gasteiger partial charge on any atom is -0.392 e. The Morgan fingerprint density at radius 2 is 1.73 bits per heavy atom. The van der Waals surface area contributed by atoms with Crippen LogP contribution in [0.4, 0.5) is 0 Å². The van der Waals surface area contributed by atoms with Crippen molar-refractivity contribution in [2.75, 3.05) is 20.6 Å². The molecule has 0 saturated carbocycles. The smallest absolute Gasteiger partial charge is 0.0671 e. The number of nitrogens with zero attached hydrogens (tertiary/aromatic N) is 1. The lowest BCUT2D eigenvalue weighted by molar-refractivity contribution is 0.0937. The van der Waals surface area contributed by atoms with E-state index >= 15 is 0 Å². The van der Waals surface area contributed by atoms with Gasteiger partial charge in [-0.25, -0.2) is 0 Å². The Labute approximate surface area is 70.2 Å². The van der Waals surface area contributed by atoms with Crippen molar-refractivity contribution in [2.45, 2.75) is 33.3 Å². The highest BCUT2D eigenvalue weighted by molar-refractivity contribution is 4.69. The predicted octanol–water partition coefficient (Wildman–Crippen LogP) is 1.35. The summed E-state index contributed by atoms with van der Waals surface area (Å²) in [7, 11) is 3.96. The van der Waals surface area contributed by atoms with Crippen molar-refractivity contribution in [1.82, 2.24) is 4.90 Å². The van der Waals surface area contributed by atoms with Crippen molar-refractivity contribution in [3.63, 3.8) is 0 Å². The molecule has 0 aliphatic carbocycles. The first-order valence-electron chi connectivity index (χ1n) is 4.14. The van der Waals surface area contributed by atoms with Gasteiger partial charge < -0.3 is 10.0 Å². The summed E-state index contributed by atoms with van der Waals surface area (Å²) in [6, 6.07) is 0. The SMILES string of the molecule is CN(C)C[C@@H](O)CC(C)(C)C. The largest absolute Gasteiger partial charge is 0.392 e. The summed E-state index contributed by atoms with van der Waals surface area (Å²) in [4.78, 5) is 2.01. The second-order valence-electron chi connectivity index (χ2n) is 4.68. The molecule has 0 spiro atoms. The average molecular weight is 159 g/mol. The third-order valence-electron chi connectivity index (χ3n) is 1.42. The van der Waals surface area contributed by atoms with E-state index < -0.39 is 0 Å². The molecule has 0 fully saturated rings. The van der Waals surface area contributed by atoms with Gasteiger partial charge >= 0.3 is 0 Å². The zero-order valence-electron chi connectivity index (χ0n) is 8.39. The van der Waals surface area contributed by atoms with Crippen LogP contribution in [0.5, 0.6) is 0 Å². The molecule has 0 aliphatic heterocycles. The topological polar surface area (TPSA) is 23.5 Å². The fourth-order valence-corrected chi connectivity index (χ4v) is 1.19. The lowest BCUT2D eigenvalue weighted by Crippen LogP contribution is -2.29. The third-order valence-corrected chi connectivity index (χ3v) is 1.42. The van der Waals surface area contributed by atoms with E-state index in [9.17, 15) is 5.11 Å². The second-order valence-corrected chi connectivity index (χ2v) is 4.68. The number of likely N-dealkylation sites (N-methyl/N-ethyl adjacent to an activating group) is 1. The fraction of sp³-hybridized carbons (Fsp3) is 1.00. The quantitative estimate of drug-likeness (QED) is 0.672. The van der Waals surface area contributed by atoms with E-state index in [-0.39, 0.29) is 11.5 Å². The highest BCUT2D eigenvalue weighted by Gasteiger charge is 2.16. The first-order chi connectivity index (χ1) is 4.81. The number of hydrogen-bond acceptors (Lipinski definition) is 2. The molecule has 2 nitrogen and oxygen atoms in total. The number of aliphatic hydroxyl groups excluding tert-OH is 1. The molecule has 2 heteroatoms. The minimum absolute atomic E-state index is 0.190. The lowest BCUT2D eigenvalue weighted by Gasteiger charge is -2.24. The highest BCUT2D eigenvalue weighted by Crippen LogP contribution is 2.20.